The molecule has 2 saturated heterocycles. The minimum absolute atomic E-state index is 0.157. The summed E-state index contributed by atoms with van der Waals surface area (Å²) in [4.78, 5) is 14.6. The summed E-state index contributed by atoms with van der Waals surface area (Å²) >= 11 is 0. The van der Waals surface area contributed by atoms with Gasteiger partial charge in [-0.1, -0.05) is 31.2 Å². The normalized spacial score (nSPS) is 22.6. The van der Waals surface area contributed by atoms with Gasteiger partial charge in [0.15, 0.2) is 0 Å². The van der Waals surface area contributed by atoms with Gasteiger partial charge in [-0.25, -0.2) is 0 Å². The van der Waals surface area contributed by atoms with E-state index in [0.29, 0.717) is 19.0 Å². The van der Waals surface area contributed by atoms with Crippen molar-refractivity contribution in [2.24, 2.45) is 5.92 Å². The van der Waals surface area contributed by atoms with Crippen molar-refractivity contribution in [3.63, 3.8) is 0 Å². The molecule has 1 amide bonds. The van der Waals surface area contributed by atoms with Crippen LogP contribution in [-0.2, 0) is 17.9 Å². The highest BCUT2D eigenvalue weighted by atomic mass is 16.1. The predicted octanol–water partition coefficient (Wildman–Crippen LogP) is 2.68. The van der Waals surface area contributed by atoms with E-state index in [9.17, 15) is 4.79 Å². The van der Waals surface area contributed by atoms with Gasteiger partial charge in [0, 0.05) is 25.6 Å². The standard InChI is InChI=1S/C20H31N3O/c1-16-7-10-23(11-8-16)15-18-5-2-4-17(12-18)14-22-20(24)13-19-6-3-9-21-19/h2,4-5,12,16,19,21H,3,6-11,13-15H2,1H3,(H,22,24). The van der Waals surface area contributed by atoms with Crippen LogP contribution in [0.2, 0.25) is 0 Å². The summed E-state index contributed by atoms with van der Waals surface area (Å²) in [5.41, 5.74) is 2.55. The van der Waals surface area contributed by atoms with Crippen molar-refractivity contribution in [3.8, 4) is 0 Å². The molecule has 2 heterocycles. The van der Waals surface area contributed by atoms with Crippen LogP contribution in [0.25, 0.3) is 0 Å². The van der Waals surface area contributed by atoms with Crippen molar-refractivity contribution in [2.75, 3.05) is 19.6 Å². The molecule has 0 spiro atoms. The third-order valence-electron chi connectivity index (χ3n) is 5.36. The number of amides is 1. The molecule has 1 aromatic carbocycles. The molecular formula is C20H31N3O. The summed E-state index contributed by atoms with van der Waals surface area (Å²) in [6.45, 7) is 7.47. The van der Waals surface area contributed by atoms with E-state index in [1.807, 2.05) is 0 Å². The molecule has 4 heteroatoms. The minimum Gasteiger partial charge on any atom is -0.352 e. The summed E-state index contributed by atoms with van der Waals surface area (Å²) < 4.78 is 0. The molecule has 24 heavy (non-hydrogen) atoms. The number of carbonyl (C=O) groups is 1. The maximum Gasteiger partial charge on any atom is 0.221 e. The molecule has 3 rings (SSSR count). The monoisotopic (exact) mass is 329 g/mol. The summed E-state index contributed by atoms with van der Waals surface area (Å²) in [7, 11) is 0. The summed E-state index contributed by atoms with van der Waals surface area (Å²) in [6.07, 6.45) is 5.54. The summed E-state index contributed by atoms with van der Waals surface area (Å²) in [5, 5.41) is 6.45. The van der Waals surface area contributed by atoms with Crippen LogP contribution in [0.15, 0.2) is 24.3 Å². The Labute approximate surface area is 146 Å². The predicted molar refractivity (Wildman–Crippen MR) is 97.6 cm³/mol. The van der Waals surface area contributed by atoms with Crippen LogP contribution in [0.4, 0.5) is 0 Å². The Hall–Kier alpha value is -1.39. The number of nitrogens with one attached hydrogen (secondary N) is 2. The van der Waals surface area contributed by atoms with Crippen molar-refractivity contribution >= 4 is 5.91 Å². The number of hydrogen-bond donors (Lipinski definition) is 2. The summed E-state index contributed by atoms with van der Waals surface area (Å²) in [6, 6.07) is 9.04. The topological polar surface area (TPSA) is 44.4 Å². The molecule has 4 nitrogen and oxygen atoms in total. The number of piperidine rings is 1. The SMILES string of the molecule is CC1CCN(Cc2cccc(CNC(=O)CC3CCCN3)c2)CC1. The van der Waals surface area contributed by atoms with Gasteiger partial charge in [-0.15, -0.1) is 0 Å². The molecule has 2 N–H and O–H groups in total. The van der Waals surface area contributed by atoms with Gasteiger partial charge in [0.05, 0.1) is 0 Å². The van der Waals surface area contributed by atoms with E-state index in [-0.39, 0.29) is 5.91 Å². The van der Waals surface area contributed by atoms with E-state index >= 15 is 0 Å². The Morgan fingerprint density at radius 3 is 2.79 bits per heavy atom. The molecule has 132 valence electrons. The Balaban J connectivity index is 1.45. The van der Waals surface area contributed by atoms with Crippen LogP contribution >= 0.6 is 0 Å². The molecule has 2 fully saturated rings. The second kappa shape index (κ2) is 8.63. The third-order valence-corrected chi connectivity index (χ3v) is 5.36. The van der Waals surface area contributed by atoms with Crippen molar-refractivity contribution in [1.82, 2.24) is 15.5 Å². The molecule has 1 unspecified atom stereocenters. The van der Waals surface area contributed by atoms with E-state index in [0.717, 1.165) is 25.4 Å². The molecule has 2 aliphatic heterocycles. The lowest BCUT2D eigenvalue weighted by Gasteiger charge is -2.30. The van der Waals surface area contributed by atoms with Gasteiger partial charge in [-0.2, -0.15) is 0 Å². The highest BCUT2D eigenvalue weighted by Gasteiger charge is 2.18. The van der Waals surface area contributed by atoms with Crippen LogP contribution in [0.3, 0.4) is 0 Å². The first-order valence-corrected chi connectivity index (χ1v) is 9.49. The number of nitrogens with zero attached hydrogens (tertiary/aromatic N) is 1. The maximum absolute atomic E-state index is 12.0. The Morgan fingerprint density at radius 1 is 1.25 bits per heavy atom. The first-order valence-electron chi connectivity index (χ1n) is 9.49. The lowest BCUT2D eigenvalue weighted by molar-refractivity contribution is -0.121. The zero-order valence-electron chi connectivity index (χ0n) is 14.9. The zero-order chi connectivity index (χ0) is 16.8. The molecule has 1 aromatic rings. The molecular weight excluding hydrogens is 298 g/mol. The molecule has 0 aliphatic carbocycles. The highest BCUT2D eigenvalue weighted by Crippen LogP contribution is 2.18. The molecule has 0 saturated carbocycles. The van der Waals surface area contributed by atoms with E-state index in [1.54, 1.807) is 0 Å². The van der Waals surface area contributed by atoms with Crippen LogP contribution < -0.4 is 10.6 Å². The fraction of sp³-hybridized carbons (Fsp3) is 0.650. The lowest BCUT2D eigenvalue weighted by atomic mass is 9.98. The van der Waals surface area contributed by atoms with Crippen LogP contribution in [0, 0.1) is 5.92 Å². The number of carbonyl (C=O) groups excluding carboxylic acids is 1. The van der Waals surface area contributed by atoms with E-state index in [4.69, 9.17) is 0 Å². The molecule has 0 bridgehead atoms. The second-order valence-corrected chi connectivity index (χ2v) is 7.55. The summed E-state index contributed by atoms with van der Waals surface area (Å²) in [5.74, 6) is 1.03. The van der Waals surface area contributed by atoms with Gasteiger partial charge in [-0.05, 0) is 62.4 Å². The molecule has 1 atom stereocenters. The Kier molecular flexibility index (Phi) is 6.27. The fourth-order valence-electron chi connectivity index (χ4n) is 3.74. The first kappa shape index (κ1) is 17.4. The lowest BCUT2D eigenvalue weighted by Crippen LogP contribution is -2.32. The van der Waals surface area contributed by atoms with E-state index < -0.39 is 0 Å². The van der Waals surface area contributed by atoms with E-state index in [2.05, 4.69) is 46.7 Å². The van der Waals surface area contributed by atoms with Crippen molar-refractivity contribution in [1.29, 1.82) is 0 Å². The smallest absolute Gasteiger partial charge is 0.221 e. The van der Waals surface area contributed by atoms with Gasteiger partial charge in [0.25, 0.3) is 0 Å². The largest absolute Gasteiger partial charge is 0.352 e. The third kappa shape index (κ3) is 5.32. The average molecular weight is 329 g/mol. The Bertz CT molecular complexity index is 531. The Morgan fingerprint density at radius 2 is 2.04 bits per heavy atom. The van der Waals surface area contributed by atoms with E-state index in [1.165, 1.54) is 43.5 Å². The van der Waals surface area contributed by atoms with Crippen LogP contribution in [0.5, 0.6) is 0 Å². The second-order valence-electron chi connectivity index (χ2n) is 7.55. The number of rotatable bonds is 6. The van der Waals surface area contributed by atoms with Crippen molar-refractivity contribution in [2.45, 2.75) is 58.2 Å². The van der Waals surface area contributed by atoms with Gasteiger partial charge < -0.3 is 10.6 Å². The highest BCUT2D eigenvalue weighted by molar-refractivity contribution is 5.76. The van der Waals surface area contributed by atoms with Gasteiger partial charge >= 0.3 is 0 Å². The first-order chi connectivity index (χ1) is 11.7. The average Bonchev–Trinajstić information content (AvgIpc) is 3.08. The molecule has 2 aliphatic rings. The van der Waals surface area contributed by atoms with Crippen LogP contribution in [-0.4, -0.2) is 36.5 Å². The number of likely N-dealkylation sites (tertiary alicyclic amines) is 1. The quantitative estimate of drug-likeness (QED) is 0.843. The van der Waals surface area contributed by atoms with Gasteiger partial charge in [0.2, 0.25) is 5.91 Å². The van der Waals surface area contributed by atoms with Crippen molar-refractivity contribution < 1.29 is 4.79 Å². The maximum atomic E-state index is 12.0. The molecule has 0 radical (unpaired) electrons. The zero-order valence-corrected chi connectivity index (χ0v) is 14.9. The van der Waals surface area contributed by atoms with Gasteiger partial charge in [0.1, 0.15) is 0 Å². The number of benzene rings is 1. The van der Waals surface area contributed by atoms with Crippen molar-refractivity contribution in [3.05, 3.63) is 35.4 Å². The number of hydrogen-bond acceptors (Lipinski definition) is 3. The fourth-order valence-corrected chi connectivity index (χ4v) is 3.74. The molecule has 0 aromatic heterocycles. The minimum atomic E-state index is 0.157. The van der Waals surface area contributed by atoms with Crippen LogP contribution in [0.1, 0.15) is 50.2 Å². The van der Waals surface area contributed by atoms with Gasteiger partial charge in [-0.3, -0.25) is 9.69 Å².